The number of methoxy groups -OCH3 is 1. The van der Waals surface area contributed by atoms with Crippen molar-refractivity contribution in [3.05, 3.63) is 16.6 Å². The molecular formula is C14H24N2OS. The Morgan fingerprint density at radius 1 is 1.67 bits per heavy atom. The van der Waals surface area contributed by atoms with Crippen LogP contribution in [-0.4, -0.2) is 30.8 Å². The van der Waals surface area contributed by atoms with Gasteiger partial charge in [-0.25, -0.2) is 0 Å². The number of nitrogens with one attached hydrogen (secondary N) is 1. The predicted octanol–water partition coefficient (Wildman–Crippen LogP) is 2.87. The molecule has 0 radical (unpaired) electrons. The molecule has 1 fully saturated rings. The predicted molar refractivity (Wildman–Crippen MR) is 76.0 cm³/mol. The Labute approximate surface area is 114 Å². The highest BCUT2D eigenvalue weighted by Crippen LogP contribution is 2.38. The SMILES string of the molecule is CNC(Cc1cncs1)C1(OC)CCCC(C)C1. The summed E-state index contributed by atoms with van der Waals surface area (Å²) in [6.07, 6.45) is 7.93. The smallest absolute Gasteiger partial charge is 0.0836 e. The van der Waals surface area contributed by atoms with E-state index in [1.165, 1.54) is 17.7 Å². The highest BCUT2D eigenvalue weighted by atomic mass is 32.1. The highest BCUT2D eigenvalue weighted by Gasteiger charge is 2.41. The van der Waals surface area contributed by atoms with Crippen molar-refractivity contribution in [2.45, 2.75) is 50.7 Å². The zero-order valence-corrected chi connectivity index (χ0v) is 12.4. The van der Waals surface area contributed by atoms with E-state index in [0.717, 1.165) is 25.2 Å². The first-order chi connectivity index (χ1) is 8.70. The van der Waals surface area contributed by atoms with Crippen LogP contribution < -0.4 is 5.32 Å². The standard InChI is InChI=1S/C14H24N2OS/c1-11-5-4-6-14(8-11,17-3)13(15-2)7-12-9-16-10-18-12/h9-11,13,15H,4-8H2,1-3H3. The molecule has 18 heavy (non-hydrogen) atoms. The number of aromatic nitrogens is 1. The lowest BCUT2D eigenvalue weighted by molar-refractivity contribution is -0.0774. The Hall–Kier alpha value is -0.450. The highest BCUT2D eigenvalue weighted by molar-refractivity contribution is 7.09. The normalized spacial score (nSPS) is 30.3. The molecular weight excluding hydrogens is 244 g/mol. The summed E-state index contributed by atoms with van der Waals surface area (Å²) in [7, 11) is 3.92. The van der Waals surface area contributed by atoms with E-state index in [1.54, 1.807) is 11.3 Å². The first-order valence-electron chi connectivity index (χ1n) is 6.80. The summed E-state index contributed by atoms with van der Waals surface area (Å²) in [5.41, 5.74) is 1.90. The monoisotopic (exact) mass is 268 g/mol. The van der Waals surface area contributed by atoms with Crippen molar-refractivity contribution in [2.75, 3.05) is 14.2 Å². The third kappa shape index (κ3) is 2.92. The fourth-order valence-corrected chi connectivity index (χ4v) is 3.92. The van der Waals surface area contributed by atoms with E-state index in [-0.39, 0.29) is 5.60 Å². The number of rotatable bonds is 5. The Balaban J connectivity index is 2.12. The van der Waals surface area contributed by atoms with E-state index in [9.17, 15) is 0 Å². The molecule has 2 rings (SSSR count). The minimum Gasteiger partial charge on any atom is -0.377 e. The van der Waals surface area contributed by atoms with E-state index in [1.807, 2.05) is 25.9 Å². The molecule has 1 saturated carbocycles. The topological polar surface area (TPSA) is 34.2 Å². The minimum absolute atomic E-state index is 0.00356. The second-order valence-electron chi connectivity index (χ2n) is 5.48. The third-order valence-corrected chi connectivity index (χ3v) is 5.07. The first-order valence-corrected chi connectivity index (χ1v) is 7.68. The molecule has 3 unspecified atom stereocenters. The molecule has 4 heteroatoms. The molecule has 1 aliphatic carbocycles. The van der Waals surface area contributed by atoms with E-state index >= 15 is 0 Å². The van der Waals surface area contributed by atoms with Gasteiger partial charge >= 0.3 is 0 Å². The van der Waals surface area contributed by atoms with Crippen LogP contribution in [0.5, 0.6) is 0 Å². The summed E-state index contributed by atoms with van der Waals surface area (Å²) >= 11 is 1.73. The summed E-state index contributed by atoms with van der Waals surface area (Å²) < 4.78 is 5.97. The van der Waals surface area contributed by atoms with Gasteiger partial charge in [-0.3, -0.25) is 4.98 Å². The number of ether oxygens (including phenoxy) is 1. The van der Waals surface area contributed by atoms with Gasteiger partial charge in [0.15, 0.2) is 0 Å². The van der Waals surface area contributed by atoms with E-state index < -0.39 is 0 Å². The van der Waals surface area contributed by atoms with Crippen LogP contribution >= 0.6 is 11.3 Å². The van der Waals surface area contributed by atoms with Crippen molar-refractivity contribution in [3.63, 3.8) is 0 Å². The van der Waals surface area contributed by atoms with Gasteiger partial charge in [-0.1, -0.05) is 19.8 Å². The van der Waals surface area contributed by atoms with Gasteiger partial charge in [-0.2, -0.15) is 0 Å². The maximum absolute atomic E-state index is 5.97. The fourth-order valence-electron chi connectivity index (χ4n) is 3.28. The number of likely N-dealkylation sites (N-methyl/N-ethyl adjacent to an activating group) is 1. The van der Waals surface area contributed by atoms with Gasteiger partial charge in [0.05, 0.1) is 11.1 Å². The van der Waals surface area contributed by atoms with Crippen LogP contribution in [0.4, 0.5) is 0 Å². The molecule has 1 N–H and O–H groups in total. The van der Waals surface area contributed by atoms with E-state index in [4.69, 9.17) is 4.74 Å². The van der Waals surface area contributed by atoms with Gasteiger partial charge in [0.1, 0.15) is 0 Å². The van der Waals surface area contributed by atoms with Crippen molar-refractivity contribution >= 4 is 11.3 Å². The van der Waals surface area contributed by atoms with Gasteiger partial charge < -0.3 is 10.1 Å². The molecule has 1 heterocycles. The molecule has 1 aromatic rings. The maximum atomic E-state index is 5.97. The number of hydrogen-bond donors (Lipinski definition) is 1. The lowest BCUT2D eigenvalue weighted by Crippen LogP contribution is -2.54. The summed E-state index contributed by atoms with van der Waals surface area (Å²) in [5.74, 6) is 0.760. The van der Waals surface area contributed by atoms with Crippen LogP contribution in [0.1, 0.15) is 37.5 Å². The lowest BCUT2D eigenvalue weighted by Gasteiger charge is -2.44. The fraction of sp³-hybridized carbons (Fsp3) is 0.786. The Morgan fingerprint density at radius 3 is 3.06 bits per heavy atom. The van der Waals surface area contributed by atoms with Crippen LogP contribution in [-0.2, 0) is 11.2 Å². The van der Waals surface area contributed by atoms with Crippen LogP contribution in [0.25, 0.3) is 0 Å². The van der Waals surface area contributed by atoms with E-state index in [2.05, 4.69) is 17.2 Å². The van der Waals surface area contributed by atoms with Crippen molar-refractivity contribution in [1.29, 1.82) is 0 Å². The molecule has 0 spiro atoms. The quantitative estimate of drug-likeness (QED) is 0.891. The molecule has 102 valence electrons. The van der Waals surface area contributed by atoms with Crippen LogP contribution in [0.2, 0.25) is 0 Å². The van der Waals surface area contributed by atoms with Crippen LogP contribution in [0.15, 0.2) is 11.7 Å². The molecule has 1 aliphatic rings. The van der Waals surface area contributed by atoms with Crippen molar-refractivity contribution in [1.82, 2.24) is 10.3 Å². The Morgan fingerprint density at radius 2 is 2.50 bits per heavy atom. The molecule has 0 bridgehead atoms. The number of thiazole rings is 1. The Bertz CT molecular complexity index is 355. The zero-order valence-electron chi connectivity index (χ0n) is 11.6. The molecule has 0 saturated heterocycles. The number of nitrogens with zero attached hydrogens (tertiary/aromatic N) is 1. The second-order valence-corrected chi connectivity index (χ2v) is 6.45. The van der Waals surface area contributed by atoms with Crippen LogP contribution in [0.3, 0.4) is 0 Å². The summed E-state index contributed by atoms with van der Waals surface area (Å²) in [4.78, 5) is 5.51. The molecule has 0 amide bonds. The average Bonchev–Trinajstić information content (AvgIpc) is 2.88. The van der Waals surface area contributed by atoms with Crippen molar-refractivity contribution in [3.8, 4) is 0 Å². The summed E-state index contributed by atoms with van der Waals surface area (Å²) in [6.45, 7) is 2.34. The maximum Gasteiger partial charge on any atom is 0.0836 e. The zero-order chi connectivity index (χ0) is 13.0. The van der Waals surface area contributed by atoms with Gasteiger partial charge in [0.25, 0.3) is 0 Å². The van der Waals surface area contributed by atoms with Gasteiger partial charge in [0, 0.05) is 30.6 Å². The molecule has 0 aliphatic heterocycles. The van der Waals surface area contributed by atoms with Gasteiger partial charge in [-0.05, 0) is 25.8 Å². The van der Waals surface area contributed by atoms with Gasteiger partial charge in [0.2, 0.25) is 0 Å². The van der Waals surface area contributed by atoms with Crippen molar-refractivity contribution < 1.29 is 4.74 Å². The summed E-state index contributed by atoms with van der Waals surface area (Å²) in [5, 5.41) is 3.48. The second kappa shape index (κ2) is 6.13. The molecule has 3 atom stereocenters. The third-order valence-electron chi connectivity index (χ3n) is 4.27. The molecule has 3 nitrogen and oxygen atoms in total. The molecule has 1 aromatic heterocycles. The Kier molecular flexibility index (Phi) is 4.76. The van der Waals surface area contributed by atoms with Gasteiger partial charge in [-0.15, -0.1) is 11.3 Å². The number of hydrogen-bond acceptors (Lipinski definition) is 4. The van der Waals surface area contributed by atoms with Crippen LogP contribution in [0, 0.1) is 5.92 Å². The largest absolute Gasteiger partial charge is 0.377 e. The molecule has 0 aromatic carbocycles. The van der Waals surface area contributed by atoms with E-state index in [0.29, 0.717) is 6.04 Å². The lowest BCUT2D eigenvalue weighted by atomic mass is 9.73. The average molecular weight is 268 g/mol. The first kappa shape index (κ1) is 14.0. The summed E-state index contributed by atoms with van der Waals surface area (Å²) in [6, 6.07) is 0.380. The minimum atomic E-state index is -0.00356. The van der Waals surface area contributed by atoms with Crippen molar-refractivity contribution in [2.24, 2.45) is 5.92 Å².